The maximum absolute atomic E-state index is 14.3. The summed E-state index contributed by atoms with van der Waals surface area (Å²) in [5.41, 5.74) is 4.47. The van der Waals surface area contributed by atoms with Crippen molar-refractivity contribution in [1.29, 1.82) is 0 Å². The molecule has 4 aromatic rings. The number of alkyl carbamates (subject to hydrolysis) is 1. The molecule has 1 aliphatic heterocycles. The van der Waals surface area contributed by atoms with E-state index in [2.05, 4.69) is 20.5 Å². The molecule has 0 spiro atoms. The number of methoxy groups -OCH3 is 2. The van der Waals surface area contributed by atoms with Crippen LogP contribution < -0.4 is 20.7 Å². The van der Waals surface area contributed by atoms with Gasteiger partial charge in [0.15, 0.2) is 11.4 Å². The summed E-state index contributed by atoms with van der Waals surface area (Å²) in [7, 11) is -2.22. The van der Waals surface area contributed by atoms with Crippen LogP contribution in [0.4, 0.5) is 10.6 Å². The molecule has 0 bridgehead atoms. The number of nitrogens with two attached hydrogens (primary N) is 1. The largest absolute Gasteiger partial charge is 0.468 e. The van der Waals surface area contributed by atoms with Crippen LogP contribution in [0.1, 0.15) is 36.8 Å². The lowest BCUT2D eigenvalue weighted by molar-refractivity contribution is -0.143. The second kappa shape index (κ2) is 14.7. The average molecular weight is 755 g/mol. The van der Waals surface area contributed by atoms with E-state index in [-0.39, 0.29) is 24.6 Å². The Hall–Kier alpha value is -5.10. The normalized spacial score (nSPS) is 25.4. The third-order valence-electron chi connectivity index (χ3n) is 9.25. The number of carbonyl (C=O) groups excluding carboxylic acids is 3. The number of hydrogen-bond acceptors (Lipinski definition) is 15. The van der Waals surface area contributed by atoms with Gasteiger partial charge in [0.1, 0.15) is 60.2 Å². The van der Waals surface area contributed by atoms with E-state index < -0.39 is 67.4 Å². The van der Waals surface area contributed by atoms with Crippen LogP contribution in [0.3, 0.4) is 0 Å². The fourth-order valence-corrected chi connectivity index (χ4v) is 8.08. The van der Waals surface area contributed by atoms with Gasteiger partial charge in [-0.15, -0.1) is 0 Å². The molecule has 8 atom stereocenters. The molecule has 2 unspecified atom stereocenters. The zero-order valence-electron chi connectivity index (χ0n) is 29.1. The van der Waals surface area contributed by atoms with E-state index in [1.165, 1.54) is 43.9 Å². The van der Waals surface area contributed by atoms with Gasteiger partial charge in [0.2, 0.25) is 0 Å². The highest BCUT2D eigenvalue weighted by Crippen LogP contribution is 2.68. The van der Waals surface area contributed by atoms with Crippen molar-refractivity contribution in [2.24, 2.45) is 0 Å². The standard InChI is InChI=1S/C34H39N6O12P/c1-19(29(42)47-3)39-53(46,52-31-33(2)34(31,45)27(41)26(50-33)24-14-15-25-28(35)36-18-37-40(24)25)51-22-12-10-20(11-13-22)16-23(30(43)48-4)38-32(44)49-17-21-8-6-5-7-9-21/h5-15,18-19,23,26-27,31,41,45H,16-17H2,1-4H3,(H,38,44)(H,39,46)(H2,35,36,37)/t19-,23-,26-,27-,31?,33+,34+,53?/m0/s1. The SMILES string of the molecule is COC(=O)[C@H](C)NP(=O)(Oc1ccc(C[C@H](NC(=O)OCc2ccccc2)C(=O)OC)cc1)OC1[C@@]2(C)O[C@@H](c3ccc4c(N)ncnn34)[C@H](O)[C@@]12O. The van der Waals surface area contributed by atoms with E-state index in [9.17, 15) is 29.2 Å². The number of ether oxygens (including phenoxy) is 4. The van der Waals surface area contributed by atoms with Crippen LogP contribution >= 0.6 is 7.75 Å². The number of amides is 1. The maximum atomic E-state index is 14.3. The average Bonchev–Trinajstić information content (AvgIpc) is 3.40. The summed E-state index contributed by atoms with van der Waals surface area (Å²) in [6, 6.07) is 15.9. The third kappa shape index (κ3) is 7.29. The molecule has 2 aromatic carbocycles. The number of anilines is 1. The van der Waals surface area contributed by atoms with E-state index in [0.717, 1.165) is 12.7 Å². The van der Waals surface area contributed by atoms with Crippen molar-refractivity contribution in [2.75, 3.05) is 20.0 Å². The van der Waals surface area contributed by atoms with Gasteiger partial charge >= 0.3 is 25.8 Å². The van der Waals surface area contributed by atoms with Crippen molar-refractivity contribution in [3.8, 4) is 5.75 Å². The van der Waals surface area contributed by atoms with Crippen molar-refractivity contribution in [3.63, 3.8) is 0 Å². The van der Waals surface area contributed by atoms with Crippen LogP contribution in [0.5, 0.6) is 5.75 Å². The highest BCUT2D eigenvalue weighted by atomic mass is 31.2. The molecule has 19 heteroatoms. The molecular formula is C34H39N6O12P. The maximum Gasteiger partial charge on any atom is 0.459 e. The molecule has 2 fully saturated rings. The predicted molar refractivity (Wildman–Crippen MR) is 184 cm³/mol. The number of aliphatic hydroxyl groups excluding tert-OH is 1. The fourth-order valence-electron chi connectivity index (χ4n) is 6.30. The number of nitrogens with zero attached hydrogens (tertiary/aromatic N) is 3. The number of rotatable bonds is 14. The molecule has 2 aromatic heterocycles. The van der Waals surface area contributed by atoms with Crippen molar-refractivity contribution in [1.82, 2.24) is 25.0 Å². The Morgan fingerprint density at radius 1 is 1.04 bits per heavy atom. The lowest BCUT2D eigenvalue weighted by Gasteiger charge is -2.27. The topological polar surface area (TPSA) is 244 Å². The van der Waals surface area contributed by atoms with Gasteiger partial charge in [0, 0.05) is 6.42 Å². The van der Waals surface area contributed by atoms with Gasteiger partial charge in [0.05, 0.1) is 19.9 Å². The Bertz CT molecular complexity index is 2030. The van der Waals surface area contributed by atoms with Gasteiger partial charge in [-0.1, -0.05) is 42.5 Å². The molecule has 0 radical (unpaired) electrons. The molecule has 1 amide bonds. The van der Waals surface area contributed by atoms with Crippen LogP contribution in [0.25, 0.3) is 5.52 Å². The van der Waals surface area contributed by atoms with Crippen molar-refractivity contribution in [3.05, 3.63) is 89.9 Å². The highest BCUT2D eigenvalue weighted by molar-refractivity contribution is 7.52. The minimum atomic E-state index is -4.56. The molecule has 6 rings (SSSR count). The molecule has 1 saturated heterocycles. The van der Waals surface area contributed by atoms with Gasteiger partial charge in [-0.2, -0.15) is 10.2 Å². The van der Waals surface area contributed by atoms with Gasteiger partial charge < -0.3 is 44.7 Å². The number of hydrogen-bond donors (Lipinski definition) is 5. The minimum Gasteiger partial charge on any atom is -0.468 e. The number of aliphatic hydroxyl groups is 2. The van der Waals surface area contributed by atoms with Crippen molar-refractivity contribution in [2.45, 2.75) is 68.5 Å². The lowest BCUT2D eigenvalue weighted by Crippen LogP contribution is -2.43. The van der Waals surface area contributed by atoms with Crippen LogP contribution in [0, 0.1) is 0 Å². The number of carbonyl (C=O) groups is 3. The number of esters is 2. The molecule has 53 heavy (non-hydrogen) atoms. The van der Waals surface area contributed by atoms with Crippen LogP contribution in [-0.4, -0.2) is 92.6 Å². The number of benzene rings is 2. The monoisotopic (exact) mass is 754 g/mol. The third-order valence-corrected chi connectivity index (χ3v) is 10.9. The van der Waals surface area contributed by atoms with Gasteiger partial charge in [-0.3, -0.25) is 9.32 Å². The molecule has 6 N–H and O–H groups in total. The van der Waals surface area contributed by atoms with Crippen molar-refractivity contribution < 1.29 is 57.2 Å². The lowest BCUT2D eigenvalue weighted by atomic mass is 10.0. The summed E-state index contributed by atoms with van der Waals surface area (Å²) in [6.07, 6.45) is -3.63. The van der Waals surface area contributed by atoms with Gasteiger partial charge in [0.25, 0.3) is 0 Å². The Balaban J connectivity index is 1.15. The Morgan fingerprint density at radius 3 is 2.38 bits per heavy atom. The zero-order valence-corrected chi connectivity index (χ0v) is 30.0. The van der Waals surface area contributed by atoms with E-state index >= 15 is 0 Å². The quantitative estimate of drug-likeness (QED) is 0.0702. The van der Waals surface area contributed by atoms with E-state index in [1.807, 2.05) is 6.07 Å². The molecular weight excluding hydrogens is 715 g/mol. The van der Waals surface area contributed by atoms with Crippen LogP contribution in [0.15, 0.2) is 73.1 Å². The first-order chi connectivity index (χ1) is 25.2. The zero-order chi connectivity index (χ0) is 38.1. The second-order valence-corrected chi connectivity index (χ2v) is 14.3. The first-order valence-corrected chi connectivity index (χ1v) is 17.9. The van der Waals surface area contributed by atoms with Crippen LogP contribution in [-0.2, 0) is 50.7 Å². The minimum absolute atomic E-state index is 0.00138. The second-order valence-electron chi connectivity index (χ2n) is 12.7. The molecule has 2 aliphatic rings. The Labute approximate surface area is 303 Å². The Kier molecular flexibility index (Phi) is 10.5. The number of aromatic nitrogens is 3. The molecule has 282 valence electrons. The first kappa shape index (κ1) is 37.7. The number of fused-ring (bicyclic) bond motifs is 2. The first-order valence-electron chi connectivity index (χ1n) is 16.4. The molecule has 18 nitrogen and oxygen atoms in total. The Morgan fingerprint density at radius 2 is 1.74 bits per heavy atom. The fraction of sp³-hybridized carbons (Fsp3) is 0.382. The molecule has 3 heterocycles. The summed E-state index contributed by atoms with van der Waals surface area (Å²) in [5, 5.41) is 32.2. The van der Waals surface area contributed by atoms with Gasteiger partial charge in [-0.25, -0.2) is 23.7 Å². The highest BCUT2D eigenvalue weighted by Gasteiger charge is 2.87. The molecule has 1 saturated carbocycles. The van der Waals surface area contributed by atoms with E-state index in [4.69, 9.17) is 33.7 Å². The van der Waals surface area contributed by atoms with E-state index in [0.29, 0.717) is 16.8 Å². The smallest absolute Gasteiger partial charge is 0.459 e. The summed E-state index contributed by atoms with van der Waals surface area (Å²) < 4.78 is 48.4. The molecule has 1 aliphatic carbocycles. The number of nitrogen functional groups attached to an aromatic ring is 1. The summed E-state index contributed by atoms with van der Waals surface area (Å²) in [6.45, 7) is 2.85. The van der Waals surface area contributed by atoms with Crippen molar-refractivity contribution >= 4 is 37.1 Å². The summed E-state index contributed by atoms with van der Waals surface area (Å²) >= 11 is 0. The summed E-state index contributed by atoms with van der Waals surface area (Å²) in [5.74, 6) is -1.29. The van der Waals surface area contributed by atoms with Gasteiger partial charge in [-0.05, 0) is 49.2 Å². The van der Waals surface area contributed by atoms with Crippen LogP contribution in [0.2, 0.25) is 0 Å². The van der Waals surface area contributed by atoms with E-state index in [1.54, 1.807) is 48.5 Å². The predicted octanol–water partition coefficient (Wildman–Crippen LogP) is 1.98. The number of nitrogens with one attached hydrogen (secondary N) is 2. The summed E-state index contributed by atoms with van der Waals surface area (Å²) in [4.78, 5) is 41.3.